The first-order chi connectivity index (χ1) is 11.4. The van der Waals surface area contributed by atoms with Crippen LogP contribution in [0.3, 0.4) is 0 Å². The van der Waals surface area contributed by atoms with E-state index in [9.17, 15) is 9.59 Å². The number of halogens is 2. The molecule has 7 nitrogen and oxygen atoms in total. The summed E-state index contributed by atoms with van der Waals surface area (Å²) in [4.78, 5) is 29.6. The van der Waals surface area contributed by atoms with E-state index in [2.05, 4.69) is 10.3 Å². The van der Waals surface area contributed by atoms with E-state index in [1.54, 1.807) is 24.3 Å². The smallest absolute Gasteiger partial charge is 0.266 e. The van der Waals surface area contributed by atoms with Crippen molar-refractivity contribution >= 4 is 52.3 Å². The van der Waals surface area contributed by atoms with Gasteiger partial charge >= 0.3 is 0 Å². The molecule has 1 aromatic heterocycles. The number of nitrogens with one attached hydrogen (secondary N) is 1. The fourth-order valence-corrected chi connectivity index (χ4v) is 2.63. The third-order valence-electron chi connectivity index (χ3n) is 3.28. The number of benzene rings is 1. The Balaban J connectivity index is 1.79. The Hall–Kier alpha value is -2.51. The maximum Gasteiger partial charge on any atom is 0.266 e. The fourth-order valence-electron chi connectivity index (χ4n) is 2.18. The first kappa shape index (κ1) is 16.4. The number of nitrogens with two attached hydrogens (primary N) is 1. The van der Waals surface area contributed by atoms with Gasteiger partial charge in [-0.05, 0) is 30.3 Å². The first-order valence-corrected chi connectivity index (χ1v) is 7.64. The van der Waals surface area contributed by atoms with Crippen LogP contribution in [0.5, 0.6) is 5.75 Å². The lowest BCUT2D eigenvalue weighted by Crippen LogP contribution is -2.44. The van der Waals surface area contributed by atoms with Crippen molar-refractivity contribution in [3.8, 4) is 5.75 Å². The van der Waals surface area contributed by atoms with Crippen LogP contribution >= 0.6 is 23.2 Å². The van der Waals surface area contributed by atoms with Crippen molar-refractivity contribution < 1.29 is 14.3 Å². The second-order valence-electron chi connectivity index (χ2n) is 5.00. The van der Waals surface area contributed by atoms with E-state index in [1.807, 2.05) is 0 Å². The molecule has 0 radical (unpaired) electrons. The Kier molecular flexibility index (Phi) is 4.46. The quantitative estimate of drug-likeness (QED) is 0.868. The molecule has 24 heavy (non-hydrogen) atoms. The second-order valence-corrected chi connectivity index (χ2v) is 5.84. The lowest BCUT2D eigenvalue weighted by molar-refractivity contribution is -0.123. The van der Waals surface area contributed by atoms with Crippen molar-refractivity contribution in [1.29, 1.82) is 0 Å². The van der Waals surface area contributed by atoms with E-state index in [1.165, 1.54) is 11.0 Å². The Morgan fingerprint density at radius 2 is 2.12 bits per heavy atom. The van der Waals surface area contributed by atoms with E-state index in [4.69, 9.17) is 33.7 Å². The largest absolute Gasteiger partial charge is 0.480 e. The molecule has 1 aromatic carbocycles. The van der Waals surface area contributed by atoms with Crippen molar-refractivity contribution in [2.24, 2.45) is 0 Å². The molecule has 0 aliphatic carbocycles. The molecule has 2 aromatic rings. The first-order valence-electron chi connectivity index (χ1n) is 6.88. The number of rotatable bonds is 3. The molecule has 0 saturated heterocycles. The number of hydrogen-bond acceptors (Lipinski definition) is 5. The predicted octanol–water partition coefficient (Wildman–Crippen LogP) is 2.33. The SMILES string of the molecule is Nc1ccc2c(n1)N(CC(=O)Nc1ccc(Cl)cc1Cl)C(=O)CO2. The van der Waals surface area contributed by atoms with Crippen molar-refractivity contribution in [3.05, 3.63) is 40.4 Å². The van der Waals surface area contributed by atoms with Crippen LogP contribution in [0.15, 0.2) is 30.3 Å². The van der Waals surface area contributed by atoms with Crippen LogP contribution in [0, 0.1) is 0 Å². The van der Waals surface area contributed by atoms with Gasteiger partial charge < -0.3 is 15.8 Å². The minimum atomic E-state index is -0.440. The van der Waals surface area contributed by atoms with Crippen molar-refractivity contribution in [2.75, 3.05) is 29.1 Å². The van der Waals surface area contributed by atoms with Gasteiger partial charge in [0.25, 0.3) is 5.91 Å². The van der Waals surface area contributed by atoms with Gasteiger partial charge in [-0.3, -0.25) is 14.5 Å². The molecule has 124 valence electrons. The minimum Gasteiger partial charge on any atom is -0.480 e. The Labute approximate surface area is 147 Å². The number of hydrogen-bond donors (Lipinski definition) is 2. The number of aromatic nitrogens is 1. The Bertz CT molecular complexity index is 828. The van der Waals surface area contributed by atoms with E-state index in [0.29, 0.717) is 21.5 Å². The Morgan fingerprint density at radius 3 is 2.88 bits per heavy atom. The summed E-state index contributed by atoms with van der Waals surface area (Å²) in [5.41, 5.74) is 6.04. The highest BCUT2D eigenvalue weighted by Gasteiger charge is 2.29. The molecular formula is C15H12Cl2N4O3. The molecule has 1 aliphatic heterocycles. The molecular weight excluding hydrogens is 355 g/mol. The molecule has 3 rings (SSSR count). The molecule has 3 N–H and O–H groups in total. The van der Waals surface area contributed by atoms with Gasteiger partial charge in [0.1, 0.15) is 12.4 Å². The van der Waals surface area contributed by atoms with Gasteiger partial charge in [0.2, 0.25) is 5.91 Å². The monoisotopic (exact) mass is 366 g/mol. The van der Waals surface area contributed by atoms with Crippen LogP contribution in [-0.4, -0.2) is 29.9 Å². The molecule has 9 heteroatoms. The van der Waals surface area contributed by atoms with Crippen LogP contribution in [-0.2, 0) is 9.59 Å². The third kappa shape index (κ3) is 3.37. The van der Waals surface area contributed by atoms with Gasteiger partial charge in [-0.1, -0.05) is 23.2 Å². The highest BCUT2D eigenvalue weighted by Crippen LogP contribution is 2.31. The van der Waals surface area contributed by atoms with Gasteiger partial charge in [-0.25, -0.2) is 4.98 Å². The number of pyridine rings is 1. The highest BCUT2D eigenvalue weighted by atomic mass is 35.5. The van der Waals surface area contributed by atoms with E-state index >= 15 is 0 Å². The molecule has 0 bridgehead atoms. The van der Waals surface area contributed by atoms with Crippen molar-refractivity contribution in [2.45, 2.75) is 0 Å². The standard InChI is InChI=1S/C15H12Cl2N4O3/c16-8-1-2-10(9(17)5-8)19-13(22)6-21-14(23)7-24-11-3-4-12(18)20-15(11)21/h1-5H,6-7H2,(H2,18,20)(H,19,22). The molecule has 2 amide bonds. The second kappa shape index (κ2) is 6.54. The maximum atomic E-state index is 12.3. The zero-order valence-corrected chi connectivity index (χ0v) is 13.8. The van der Waals surface area contributed by atoms with Crippen LogP contribution in [0.2, 0.25) is 10.0 Å². The summed E-state index contributed by atoms with van der Waals surface area (Å²) in [6, 6.07) is 7.84. The molecule has 0 saturated carbocycles. The van der Waals surface area contributed by atoms with Crippen LogP contribution < -0.4 is 20.7 Å². The van der Waals surface area contributed by atoms with Gasteiger partial charge in [-0.15, -0.1) is 0 Å². The zero-order chi connectivity index (χ0) is 17.3. The summed E-state index contributed by atoms with van der Waals surface area (Å²) in [6.07, 6.45) is 0. The number of carbonyl (C=O) groups excluding carboxylic acids is 2. The average Bonchev–Trinajstić information content (AvgIpc) is 2.53. The van der Waals surface area contributed by atoms with Crippen LogP contribution in [0.4, 0.5) is 17.3 Å². The fraction of sp³-hybridized carbons (Fsp3) is 0.133. The molecule has 2 heterocycles. The number of ether oxygens (including phenoxy) is 1. The predicted molar refractivity (Wildman–Crippen MR) is 91.6 cm³/mol. The number of amides is 2. The summed E-state index contributed by atoms with van der Waals surface area (Å²) < 4.78 is 5.28. The topological polar surface area (TPSA) is 97.5 Å². The molecule has 0 unspecified atom stereocenters. The summed E-state index contributed by atoms with van der Waals surface area (Å²) >= 11 is 11.8. The summed E-state index contributed by atoms with van der Waals surface area (Å²) in [7, 11) is 0. The van der Waals surface area contributed by atoms with Gasteiger partial charge in [0.15, 0.2) is 18.2 Å². The lowest BCUT2D eigenvalue weighted by Gasteiger charge is -2.27. The molecule has 0 atom stereocenters. The minimum absolute atomic E-state index is 0.173. The number of nitrogens with zero attached hydrogens (tertiary/aromatic N) is 2. The lowest BCUT2D eigenvalue weighted by atomic mass is 10.3. The van der Waals surface area contributed by atoms with Crippen molar-refractivity contribution in [1.82, 2.24) is 4.98 Å². The summed E-state index contributed by atoms with van der Waals surface area (Å²) in [5, 5.41) is 3.38. The number of fused-ring (bicyclic) bond motifs is 1. The third-order valence-corrected chi connectivity index (χ3v) is 3.82. The van der Waals surface area contributed by atoms with Gasteiger partial charge in [0.05, 0.1) is 10.7 Å². The number of nitrogen functional groups attached to an aromatic ring is 1. The average molecular weight is 367 g/mol. The summed E-state index contributed by atoms with van der Waals surface area (Å²) in [5.74, 6) is -0.00877. The van der Waals surface area contributed by atoms with Crippen LogP contribution in [0.1, 0.15) is 0 Å². The maximum absolute atomic E-state index is 12.3. The van der Waals surface area contributed by atoms with Gasteiger partial charge in [-0.2, -0.15) is 0 Å². The van der Waals surface area contributed by atoms with E-state index in [-0.39, 0.29) is 24.8 Å². The molecule has 0 fully saturated rings. The number of anilines is 3. The van der Waals surface area contributed by atoms with Crippen LogP contribution in [0.25, 0.3) is 0 Å². The Morgan fingerprint density at radius 1 is 1.33 bits per heavy atom. The highest BCUT2D eigenvalue weighted by molar-refractivity contribution is 6.36. The number of carbonyl (C=O) groups is 2. The molecule has 0 spiro atoms. The normalized spacial score (nSPS) is 13.2. The van der Waals surface area contributed by atoms with E-state index in [0.717, 1.165) is 0 Å². The molecule has 1 aliphatic rings. The van der Waals surface area contributed by atoms with Crippen molar-refractivity contribution in [3.63, 3.8) is 0 Å². The zero-order valence-electron chi connectivity index (χ0n) is 12.3. The van der Waals surface area contributed by atoms with Gasteiger partial charge in [0, 0.05) is 5.02 Å². The summed E-state index contributed by atoms with van der Waals surface area (Å²) in [6.45, 7) is -0.418. The van der Waals surface area contributed by atoms with E-state index < -0.39 is 11.8 Å².